The molecule has 1 fully saturated rings. The van der Waals surface area contributed by atoms with E-state index in [4.69, 9.17) is 9.47 Å². The molecule has 9 nitrogen and oxygen atoms in total. The van der Waals surface area contributed by atoms with Crippen LogP contribution in [0, 0.1) is 0 Å². The molecule has 1 aromatic carbocycles. The van der Waals surface area contributed by atoms with E-state index in [0.29, 0.717) is 25.9 Å². The fraction of sp³-hybridized carbons (Fsp3) is 0.500. The molecular weight excluding hydrogens is 479 g/mol. The predicted molar refractivity (Wildman–Crippen MR) is 125 cm³/mol. The van der Waals surface area contributed by atoms with Crippen LogP contribution in [0.5, 0.6) is 0 Å². The second kappa shape index (κ2) is 10.7. The number of ether oxygens (including phenoxy) is 2. The van der Waals surface area contributed by atoms with Crippen molar-refractivity contribution in [1.82, 2.24) is 15.3 Å². The Balaban J connectivity index is 1.46. The Morgan fingerprint density at radius 2 is 2.00 bits per heavy atom. The van der Waals surface area contributed by atoms with Crippen molar-refractivity contribution in [3.8, 4) is 0 Å². The van der Waals surface area contributed by atoms with Crippen LogP contribution in [0.25, 0.3) is 0 Å². The van der Waals surface area contributed by atoms with Gasteiger partial charge in [-0.25, -0.2) is 14.8 Å². The van der Waals surface area contributed by atoms with Gasteiger partial charge in [-0.3, -0.25) is 9.69 Å². The number of cyclic esters (lactones) is 1. The average molecular weight is 508 g/mol. The summed E-state index contributed by atoms with van der Waals surface area (Å²) in [6, 6.07) is 6.99. The van der Waals surface area contributed by atoms with Gasteiger partial charge in [0, 0.05) is 49.6 Å². The predicted octanol–water partition coefficient (Wildman–Crippen LogP) is 3.31. The van der Waals surface area contributed by atoms with Crippen LogP contribution in [0.2, 0.25) is 0 Å². The molecule has 0 aliphatic carbocycles. The van der Waals surface area contributed by atoms with Crippen molar-refractivity contribution >= 4 is 23.6 Å². The molecule has 0 bridgehead atoms. The minimum atomic E-state index is -4.74. The summed E-state index contributed by atoms with van der Waals surface area (Å²) < 4.78 is 51.6. The third kappa shape index (κ3) is 5.69. The van der Waals surface area contributed by atoms with E-state index in [2.05, 4.69) is 15.3 Å². The van der Waals surface area contributed by atoms with Crippen molar-refractivity contribution in [3.05, 3.63) is 47.3 Å². The number of halogens is 3. The van der Waals surface area contributed by atoms with Crippen LogP contribution in [0.3, 0.4) is 0 Å². The molecule has 12 heteroatoms. The third-order valence-electron chi connectivity index (χ3n) is 6.21. The summed E-state index contributed by atoms with van der Waals surface area (Å²) in [5.74, 6) is -0.629. The van der Waals surface area contributed by atoms with Gasteiger partial charge in [0.05, 0.1) is 18.7 Å². The van der Waals surface area contributed by atoms with E-state index in [0.717, 1.165) is 17.4 Å². The van der Waals surface area contributed by atoms with Crippen LogP contribution in [-0.4, -0.2) is 60.9 Å². The van der Waals surface area contributed by atoms with Crippen LogP contribution >= 0.6 is 0 Å². The van der Waals surface area contributed by atoms with Gasteiger partial charge in [0.2, 0.25) is 11.9 Å². The number of anilines is 2. The van der Waals surface area contributed by atoms with Gasteiger partial charge in [0.25, 0.3) is 0 Å². The van der Waals surface area contributed by atoms with Crippen molar-refractivity contribution < 1.29 is 32.2 Å². The summed E-state index contributed by atoms with van der Waals surface area (Å²) in [5.41, 5.74) is 0.285. The summed E-state index contributed by atoms with van der Waals surface area (Å²) in [7, 11) is 1.47. The van der Waals surface area contributed by atoms with Crippen LogP contribution in [0.1, 0.15) is 36.6 Å². The van der Waals surface area contributed by atoms with Crippen LogP contribution < -0.4 is 15.1 Å². The average Bonchev–Trinajstić information content (AvgIpc) is 2.84. The molecule has 0 saturated carbocycles. The second-order valence-corrected chi connectivity index (χ2v) is 8.91. The number of hydrogen-bond donors (Lipinski definition) is 1. The van der Waals surface area contributed by atoms with E-state index >= 15 is 0 Å². The molecule has 2 amide bonds. The first-order chi connectivity index (χ1) is 17.2. The highest BCUT2D eigenvalue weighted by Gasteiger charge is 2.38. The number of amides is 2. The highest BCUT2D eigenvalue weighted by atomic mass is 19.4. The van der Waals surface area contributed by atoms with Gasteiger partial charge in [0.1, 0.15) is 6.61 Å². The second-order valence-electron chi connectivity index (χ2n) is 8.91. The third-order valence-corrected chi connectivity index (χ3v) is 6.21. The molecule has 2 aliphatic rings. The Labute approximate surface area is 206 Å². The van der Waals surface area contributed by atoms with E-state index in [9.17, 15) is 22.8 Å². The lowest BCUT2D eigenvalue weighted by Gasteiger charge is -2.40. The van der Waals surface area contributed by atoms with Gasteiger partial charge in [0.15, 0.2) is 5.69 Å². The molecule has 1 unspecified atom stereocenters. The van der Waals surface area contributed by atoms with Gasteiger partial charge < -0.3 is 19.7 Å². The zero-order valence-electron chi connectivity index (χ0n) is 20.0. The van der Waals surface area contributed by atoms with E-state index in [1.54, 1.807) is 16.7 Å². The molecule has 1 atom stereocenters. The molecule has 1 saturated heterocycles. The highest BCUT2D eigenvalue weighted by molar-refractivity contribution is 5.91. The summed E-state index contributed by atoms with van der Waals surface area (Å²) in [4.78, 5) is 36.0. The zero-order chi connectivity index (χ0) is 25.9. The summed E-state index contributed by atoms with van der Waals surface area (Å²) in [5, 5.41) is 2.59. The standard InChI is InChI=1S/C24H28F3N5O4/c1-15(13-35-2)29-20(33)11-17-12-28-22(30-21(17)24(25,26)27)31-9-7-18(8-10-31)32-19-6-4-3-5-16(19)14-36-23(32)34/h3-6,12,15,18H,7-11,13-14H2,1-2H3,(H,29,33). The van der Waals surface area contributed by atoms with Crippen molar-refractivity contribution in [2.75, 3.05) is 36.6 Å². The smallest absolute Gasteiger partial charge is 0.433 e. The van der Waals surface area contributed by atoms with Gasteiger partial charge in [-0.05, 0) is 25.8 Å². The number of para-hydroxylation sites is 1. The van der Waals surface area contributed by atoms with Gasteiger partial charge in [-0.1, -0.05) is 18.2 Å². The normalized spacial score (nSPS) is 17.4. The van der Waals surface area contributed by atoms with Gasteiger partial charge in [-0.15, -0.1) is 0 Å². The molecule has 4 rings (SSSR count). The number of carbonyl (C=O) groups is 2. The number of hydrogen-bond acceptors (Lipinski definition) is 7. The van der Waals surface area contributed by atoms with Crippen LogP contribution in [0.15, 0.2) is 30.5 Å². The largest absolute Gasteiger partial charge is 0.444 e. The molecule has 36 heavy (non-hydrogen) atoms. The number of fused-ring (bicyclic) bond motifs is 1. The number of aromatic nitrogens is 2. The van der Waals surface area contributed by atoms with Crippen LogP contribution in [-0.2, 0) is 33.5 Å². The Hall–Kier alpha value is -3.41. The number of rotatable bonds is 7. The van der Waals surface area contributed by atoms with E-state index < -0.39 is 30.3 Å². The molecule has 2 aliphatic heterocycles. The van der Waals surface area contributed by atoms with Crippen molar-refractivity contribution in [1.29, 1.82) is 0 Å². The summed E-state index contributed by atoms with van der Waals surface area (Å²) in [6.07, 6.45) is -3.58. The van der Waals surface area contributed by atoms with Crippen molar-refractivity contribution in [2.24, 2.45) is 0 Å². The van der Waals surface area contributed by atoms with Crippen molar-refractivity contribution in [2.45, 2.75) is 51.1 Å². The Morgan fingerprint density at radius 1 is 1.28 bits per heavy atom. The number of nitrogens with zero attached hydrogens (tertiary/aromatic N) is 4. The van der Waals surface area contributed by atoms with Gasteiger partial charge >= 0.3 is 12.3 Å². The molecule has 0 spiro atoms. The van der Waals surface area contributed by atoms with E-state index in [-0.39, 0.29) is 36.8 Å². The number of nitrogens with one attached hydrogen (secondary N) is 1. The van der Waals surface area contributed by atoms with E-state index in [1.807, 2.05) is 24.3 Å². The first-order valence-electron chi connectivity index (χ1n) is 11.7. The number of carbonyl (C=O) groups excluding carboxylic acids is 2. The maximum atomic E-state index is 13.8. The molecule has 1 N–H and O–H groups in total. The lowest BCUT2D eigenvalue weighted by Crippen LogP contribution is -2.49. The maximum Gasteiger partial charge on any atom is 0.433 e. The first-order valence-corrected chi connectivity index (χ1v) is 11.7. The summed E-state index contributed by atoms with van der Waals surface area (Å²) >= 11 is 0. The molecule has 194 valence electrons. The number of piperidine rings is 1. The maximum absolute atomic E-state index is 13.8. The lowest BCUT2D eigenvalue weighted by molar-refractivity contribution is -0.142. The number of alkyl halides is 3. The quantitative estimate of drug-likeness (QED) is 0.614. The Morgan fingerprint density at radius 3 is 2.69 bits per heavy atom. The Kier molecular flexibility index (Phi) is 7.62. The first kappa shape index (κ1) is 25.7. The Bertz CT molecular complexity index is 1110. The zero-order valence-corrected chi connectivity index (χ0v) is 20.0. The van der Waals surface area contributed by atoms with Crippen molar-refractivity contribution in [3.63, 3.8) is 0 Å². The van der Waals surface area contributed by atoms with E-state index in [1.165, 1.54) is 7.11 Å². The summed E-state index contributed by atoms with van der Waals surface area (Å²) in [6.45, 7) is 2.88. The lowest BCUT2D eigenvalue weighted by atomic mass is 10.0. The molecular formula is C24H28F3N5O4. The minimum Gasteiger partial charge on any atom is -0.444 e. The topological polar surface area (TPSA) is 96.9 Å². The molecule has 1 aromatic heterocycles. The molecule has 0 radical (unpaired) electrons. The minimum absolute atomic E-state index is 0.0562. The molecule has 2 aromatic rings. The number of methoxy groups -OCH3 is 1. The monoisotopic (exact) mass is 507 g/mol. The van der Waals surface area contributed by atoms with Gasteiger partial charge in [-0.2, -0.15) is 13.2 Å². The highest BCUT2D eigenvalue weighted by Crippen LogP contribution is 2.34. The fourth-order valence-corrected chi connectivity index (χ4v) is 4.56. The SMILES string of the molecule is COCC(C)NC(=O)Cc1cnc(N2CCC(N3C(=O)OCc4ccccc43)CC2)nc1C(F)(F)F. The molecule has 3 heterocycles. The fourth-order valence-electron chi connectivity index (χ4n) is 4.56. The number of benzene rings is 1. The van der Waals surface area contributed by atoms with Crippen LogP contribution in [0.4, 0.5) is 29.6 Å².